The van der Waals surface area contributed by atoms with E-state index in [2.05, 4.69) is 10.6 Å². The lowest BCUT2D eigenvalue weighted by molar-refractivity contribution is -0.122. The highest BCUT2D eigenvalue weighted by molar-refractivity contribution is 5.76. The fourth-order valence-corrected chi connectivity index (χ4v) is 2.61. The Bertz CT molecular complexity index is 385. The Balaban J connectivity index is 1.71. The molecular formula is C16H24N2O. The molecule has 2 atom stereocenters. The number of carbonyl (C=O) groups excluding carboxylic acids is 1. The first-order valence-electron chi connectivity index (χ1n) is 7.33. The normalized spacial score (nSPS) is 20.8. The summed E-state index contributed by atoms with van der Waals surface area (Å²) >= 11 is 0. The first-order valence-corrected chi connectivity index (χ1v) is 7.33. The van der Waals surface area contributed by atoms with Gasteiger partial charge in [0, 0.05) is 12.5 Å². The third-order valence-electron chi connectivity index (χ3n) is 3.81. The van der Waals surface area contributed by atoms with Gasteiger partial charge in [-0.05, 0) is 38.3 Å². The minimum atomic E-state index is 0.0908. The summed E-state index contributed by atoms with van der Waals surface area (Å²) < 4.78 is 0. The Hall–Kier alpha value is -1.35. The van der Waals surface area contributed by atoms with E-state index in [1.54, 1.807) is 0 Å². The van der Waals surface area contributed by atoms with Crippen LogP contribution in [0.15, 0.2) is 30.3 Å². The molecule has 3 heteroatoms. The molecule has 104 valence electrons. The van der Waals surface area contributed by atoms with Crippen molar-refractivity contribution in [3.8, 4) is 0 Å². The van der Waals surface area contributed by atoms with Crippen molar-refractivity contribution in [3.63, 3.8) is 0 Å². The van der Waals surface area contributed by atoms with E-state index in [1.807, 2.05) is 37.3 Å². The van der Waals surface area contributed by atoms with Crippen LogP contribution in [-0.2, 0) is 4.79 Å². The number of benzene rings is 1. The van der Waals surface area contributed by atoms with Crippen molar-refractivity contribution in [1.29, 1.82) is 0 Å². The third-order valence-corrected chi connectivity index (χ3v) is 3.81. The molecule has 1 aromatic rings. The number of hydrogen-bond donors (Lipinski definition) is 2. The van der Waals surface area contributed by atoms with E-state index in [0.717, 1.165) is 18.5 Å². The van der Waals surface area contributed by atoms with Gasteiger partial charge in [0.2, 0.25) is 5.91 Å². The second-order valence-electron chi connectivity index (χ2n) is 5.39. The van der Waals surface area contributed by atoms with Crippen molar-refractivity contribution >= 4 is 5.91 Å². The van der Waals surface area contributed by atoms with Crippen LogP contribution in [0.4, 0.5) is 0 Å². The summed E-state index contributed by atoms with van der Waals surface area (Å²) in [7, 11) is 0. The molecule has 0 bridgehead atoms. The fourth-order valence-electron chi connectivity index (χ4n) is 2.61. The third kappa shape index (κ3) is 4.67. The lowest BCUT2D eigenvalue weighted by Gasteiger charge is -2.23. The summed E-state index contributed by atoms with van der Waals surface area (Å²) in [6.07, 6.45) is 5.34. The molecule has 1 heterocycles. The average molecular weight is 260 g/mol. The first-order chi connectivity index (χ1) is 9.25. The number of rotatable bonds is 5. The van der Waals surface area contributed by atoms with Crippen LogP contribution < -0.4 is 10.6 Å². The quantitative estimate of drug-likeness (QED) is 0.854. The standard InChI is InChI=1S/C16H24N2O/c1-13(14-7-3-2-4-8-14)18-16(19)11-10-15-9-5-6-12-17-15/h2-4,7-8,13,15,17H,5-6,9-12H2,1H3,(H,18,19). The highest BCUT2D eigenvalue weighted by atomic mass is 16.1. The van der Waals surface area contributed by atoms with E-state index >= 15 is 0 Å². The maximum atomic E-state index is 11.9. The van der Waals surface area contributed by atoms with Crippen LogP contribution in [0.3, 0.4) is 0 Å². The molecule has 0 radical (unpaired) electrons. The zero-order valence-corrected chi connectivity index (χ0v) is 11.7. The molecule has 1 amide bonds. The van der Waals surface area contributed by atoms with Crippen LogP contribution >= 0.6 is 0 Å². The number of nitrogens with one attached hydrogen (secondary N) is 2. The highest BCUT2D eigenvalue weighted by Gasteiger charge is 2.15. The molecular weight excluding hydrogens is 236 g/mol. The van der Waals surface area contributed by atoms with Gasteiger partial charge in [0.05, 0.1) is 6.04 Å². The topological polar surface area (TPSA) is 41.1 Å². The van der Waals surface area contributed by atoms with E-state index in [1.165, 1.54) is 19.3 Å². The van der Waals surface area contributed by atoms with Crippen LogP contribution in [0.5, 0.6) is 0 Å². The molecule has 19 heavy (non-hydrogen) atoms. The van der Waals surface area contributed by atoms with Crippen molar-refractivity contribution in [2.24, 2.45) is 0 Å². The molecule has 1 fully saturated rings. The van der Waals surface area contributed by atoms with Crippen molar-refractivity contribution in [3.05, 3.63) is 35.9 Å². The Labute approximate surface area is 115 Å². The van der Waals surface area contributed by atoms with E-state index in [-0.39, 0.29) is 11.9 Å². The summed E-state index contributed by atoms with van der Waals surface area (Å²) in [5, 5.41) is 6.55. The molecule has 0 spiro atoms. The van der Waals surface area contributed by atoms with Crippen molar-refractivity contribution in [1.82, 2.24) is 10.6 Å². The number of piperidine rings is 1. The maximum Gasteiger partial charge on any atom is 0.220 e. The Morgan fingerprint density at radius 2 is 2.16 bits per heavy atom. The second-order valence-corrected chi connectivity index (χ2v) is 5.39. The lowest BCUT2D eigenvalue weighted by atomic mass is 10.0. The first kappa shape index (κ1) is 14.1. The fraction of sp³-hybridized carbons (Fsp3) is 0.562. The zero-order valence-electron chi connectivity index (χ0n) is 11.7. The molecule has 3 nitrogen and oxygen atoms in total. The molecule has 1 saturated heterocycles. The highest BCUT2D eigenvalue weighted by Crippen LogP contribution is 2.14. The Kier molecular flexibility index (Phi) is 5.40. The minimum absolute atomic E-state index is 0.0908. The summed E-state index contributed by atoms with van der Waals surface area (Å²) in [5.41, 5.74) is 1.16. The molecule has 0 aromatic heterocycles. The van der Waals surface area contributed by atoms with Gasteiger partial charge in [-0.25, -0.2) is 0 Å². The predicted octanol–water partition coefficient (Wildman–Crippen LogP) is 2.79. The average Bonchev–Trinajstić information content (AvgIpc) is 2.47. The molecule has 1 aliphatic heterocycles. The van der Waals surface area contributed by atoms with E-state index in [0.29, 0.717) is 12.5 Å². The lowest BCUT2D eigenvalue weighted by Crippen LogP contribution is -2.35. The van der Waals surface area contributed by atoms with Gasteiger partial charge in [0.25, 0.3) is 0 Å². The number of carbonyl (C=O) groups is 1. The molecule has 2 rings (SSSR count). The maximum absolute atomic E-state index is 11.9. The SMILES string of the molecule is CC(NC(=O)CCC1CCCCN1)c1ccccc1. The summed E-state index contributed by atoms with van der Waals surface area (Å²) in [5.74, 6) is 0.156. The Morgan fingerprint density at radius 1 is 1.37 bits per heavy atom. The predicted molar refractivity (Wildman–Crippen MR) is 77.9 cm³/mol. The van der Waals surface area contributed by atoms with Gasteiger partial charge in [-0.15, -0.1) is 0 Å². The molecule has 0 aliphatic carbocycles. The van der Waals surface area contributed by atoms with Crippen molar-refractivity contribution in [2.45, 2.75) is 51.1 Å². The van der Waals surface area contributed by atoms with Crippen molar-refractivity contribution in [2.75, 3.05) is 6.54 Å². The molecule has 1 aromatic carbocycles. The van der Waals surface area contributed by atoms with Crippen LogP contribution in [0.1, 0.15) is 50.6 Å². The molecule has 0 saturated carbocycles. The van der Waals surface area contributed by atoms with E-state index < -0.39 is 0 Å². The minimum Gasteiger partial charge on any atom is -0.350 e. The van der Waals surface area contributed by atoms with Crippen LogP contribution in [0, 0.1) is 0 Å². The van der Waals surface area contributed by atoms with Crippen LogP contribution in [0.25, 0.3) is 0 Å². The van der Waals surface area contributed by atoms with Gasteiger partial charge < -0.3 is 10.6 Å². The summed E-state index contributed by atoms with van der Waals surface area (Å²) in [6.45, 7) is 3.14. The van der Waals surface area contributed by atoms with E-state index in [9.17, 15) is 4.79 Å². The van der Waals surface area contributed by atoms with Gasteiger partial charge in [0.1, 0.15) is 0 Å². The van der Waals surface area contributed by atoms with Gasteiger partial charge in [0.15, 0.2) is 0 Å². The zero-order chi connectivity index (χ0) is 13.5. The van der Waals surface area contributed by atoms with Gasteiger partial charge in [-0.3, -0.25) is 4.79 Å². The molecule has 2 N–H and O–H groups in total. The second kappa shape index (κ2) is 7.29. The summed E-state index contributed by atoms with van der Waals surface area (Å²) in [6, 6.07) is 10.7. The largest absolute Gasteiger partial charge is 0.350 e. The molecule has 2 unspecified atom stereocenters. The smallest absolute Gasteiger partial charge is 0.220 e. The van der Waals surface area contributed by atoms with Gasteiger partial charge >= 0.3 is 0 Å². The van der Waals surface area contributed by atoms with E-state index in [4.69, 9.17) is 0 Å². The van der Waals surface area contributed by atoms with Gasteiger partial charge in [-0.1, -0.05) is 36.8 Å². The molecule has 1 aliphatic rings. The summed E-state index contributed by atoms with van der Waals surface area (Å²) in [4.78, 5) is 11.9. The van der Waals surface area contributed by atoms with Gasteiger partial charge in [-0.2, -0.15) is 0 Å². The number of amides is 1. The van der Waals surface area contributed by atoms with Crippen molar-refractivity contribution < 1.29 is 4.79 Å². The number of hydrogen-bond acceptors (Lipinski definition) is 2. The van der Waals surface area contributed by atoms with Crippen LogP contribution in [-0.4, -0.2) is 18.5 Å². The monoisotopic (exact) mass is 260 g/mol. The van der Waals surface area contributed by atoms with Crippen LogP contribution in [0.2, 0.25) is 0 Å². The Morgan fingerprint density at radius 3 is 2.84 bits per heavy atom.